The Morgan fingerprint density at radius 3 is 2.62 bits per heavy atom. The van der Waals surface area contributed by atoms with Crippen LogP contribution >= 0.6 is 0 Å². The minimum Gasteiger partial charge on any atom is -0.329 e. The predicted molar refractivity (Wildman–Crippen MR) is 87.3 cm³/mol. The highest BCUT2D eigenvalue weighted by Gasteiger charge is 2.48. The molecule has 0 amide bonds. The Hall–Kier alpha value is -0.120. The van der Waals surface area contributed by atoms with Gasteiger partial charge in [0.2, 0.25) is 0 Å². The average molecular weight is 291 g/mol. The zero-order chi connectivity index (χ0) is 14.3. The number of nitrogens with zero attached hydrogens (tertiary/aromatic N) is 2. The number of hydrogen-bond acceptors (Lipinski definition) is 3. The highest BCUT2D eigenvalue weighted by atomic mass is 15.3. The maximum atomic E-state index is 6.41. The van der Waals surface area contributed by atoms with Gasteiger partial charge in [0.1, 0.15) is 0 Å². The van der Waals surface area contributed by atoms with Gasteiger partial charge >= 0.3 is 0 Å². The summed E-state index contributed by atoms with van der Waals surface area (Å²) in [7, 11) is 0. The van der Waals surface area contributed by atoms with Crippen molar-refractivity contribution in [1.29, 1.82) is 0 Å². The van der Waals surface area contributed by atoms with Gasteiger partial charge in [0.25, 0.3) is 0 Å². The Morgan fingerprint density at radius 2 is 1.71 bits per heavy atom. The molecule has 3 nitrogen and oxygen atoms in total. The van der Waals surface area contributed by atoms with Crippen LogP contribution in [0.3, 0.4) is 0 Å². The summed E-state index contributed by atoms with van der Waals surface area (Å²) in [6, 6.07) is 1.70. The van der Waals surface area contributed by atoms with E-state index in [0.717, 1.165) is 24.5 Å². The number of fused-ring (bicyclic) bond motifs is 2. The lowest BCUT2D eigenvalue weighted by Gasteiger charge is -2.57. The van der Waals surface area contributed by atoms with Crippen LogP contribution in [0.4, 0.5) is 0 Å². The van der Waals surface area contributed by atoms with Crippen molar-refractivity contribution in [3.63, 3.8) is 0 Å². The molecule has 3 saturated heterocycles. The fourth-order valence-electron chi connectivity index (χ4n) is 6.09. The van der Waals surface area contributed by atoms with Gasteiger partial charge in [0.05, 0.1) is 0 Å². The van der Waals surface area contributed by atoms with Crippen molar-refractivity contribution < 1.29 is 0 Å². The van der Waals surface area contributed by atoms with Crippen molar-refractivity contribution in [2.45, 2.75) is 81.8 Å². The van der Waals surface area contributed by atoms with Gasteiger partial charge < -0.3 is 10.6 Å². The summed E-state index contributed by atoms with van der Waals surface area (Å²) in [5.74, 6) is 0.984. The second-order valence-corrected chi connectivity index (χ2v) is 8.16. The van der Waals surface area contributed by atoms with Crippen molar-refractivity contribution in [2.24, 2.45) is 11.7 Å². The molecule has 4 rings (SSSR count). The Balaban J connectivity index is 1.56. The largest absolute Gasteiger partial charge is 0.329 e. The van der Waals surface area contributed by atoms with Gasteiger partial charge in [0.15, 0.2) is 0 Å². The topological polar surface area (TPSA) is 32.5 Å². The highest BCUT2D eigenvalue weighted by molar-refractivity contribution is 5.05. The molecule has 120 valence electrons. The minimum atomic E-state index is 0.339. The highest BCUT2D eigenvalue weighted by Crippen LogP contribution is 2.44. The molecule has 2 N–H and O–H groups in total. The Bertz CT molecular complexity index is 369. The molecular formula is C18H33N3. The molecule has 4 atom stereocenters. The molecular weight excluding hydrogens is 258 g/mol. The summed E-state index contributed by atoms with van der Waals surface area (Å²) in [5.41, 5.74) is 6.75. The summed E-state index contributed by atoms with van der Waals surface area (Å²) in [5, 5.41) is 0. The lowest BCUT2D eigenvalue weighted by Crippen LogP contribution is -2.66. The zero-order valence-corrected chi connectivity index (χ0v) is 13.6. The molecule has 4 fully saturated rings. The molecule has 0 aromatic carbocycles. The van der Waals surface area contributed by atoms with Crippen molar-refractivity contribution in [3.8, 4) is 0 Å². The average Bonchev–Trinajstić information content (AvgIpc) is 3.01. The third-order valence-electron chi connectivity index (χ3n) is 7.21. The van der Waals surface area contributed by atoms with E-state index >= 15 is 0 Å². The Morgan fingerprint density at radius 1 is 0.905 bits per heavy atom. The molecule has 2 unspecified atom stereocenters. The first-order valence-corrected chi connectivity index (χ1v) is 9.53. The van der Waals surface area contributed by atoms with Crippen molar-refractivity contribution >= 4 is 0 Å². The monoisotopic (exact) mass is 291 g/mol. The number of hydrogen-bond donors (Lipinski definition) is 1. The maximum Gasteiger partial charge on any atom is 0.0361 e. The van der Waals surface area contributed by atoms with Gasteiger partial charge in [-0.05, 0) is 70.4 Å². The lowest BCUT2D eigenvalue weighted by atomic mass is 9.73. The minimum absolute atomic E-state index is 0.339. The van der Waals surface area contributed by atoms with Gasteiger partial charge in [-0.25, -0.2) is 0 Å². The van der Waals surface area contributed by atoms with Crippen LogP contribution in [0.25, 0.3) is 0 Å². The van der Waals surface area contributed by atoms with E-state index in [1.807, 2.05) is 0 Å². The van der Waals surface area contributed by atoms with Crippen LogP contribution in [-0.2, 0) is 0 Å². The number of rotatable bonds is 2. The van der Waals surface area contributed by atoms with Crippen LogP contribution in [0.5, 0.6) is 0 Å². The fraction of sp³-hybridized carbons (Fsp3) is 1.00. The normalized spacial score (nSPS) is 45.3. The molecule has 1 aliphatic carbocycles. The van der Waals surface area contributed by atoms with Crippen LogP contribution in [-0.4, -0.2) is 53.6 Å². The second-order valence-electron chi connectivity index (χ2n) is 8.16. The van der Waals surface area contributed by atoms with E-state index in [1.54, 1.807) is 0 Å². The zero-order valence-electron chi connectivity index (χ0n) is 13.6. The first-order valence-electron chi connectivity index (χ1n) is 9.53. The van der Waals surface area contributed by atoms with Gasteiger partial charge in [-0.3, -0.25) is 4.90 Å². The molecule has 0 aromatic heterocycles. The summed E-state index contributed by atoms with van der Waals surface area (Å²) in [6.07, 6.45) is 14.3. The fourth-order valence-corrected chi connectivity index (χ4v) is 6.09. The van der Waals surface area contributed by atoms with Gasteiger partial charge in [-0.2, -0.15) is 0 Å². The standard InChI is InChI=1S/C18H33N3/c19-14-18(9-12-20-10-4-7-16(20)13-18)21-11-3-6-15-5-1-2-8-17(15)21/h15-17H,1-14,19H2/t15-,16?,17-,18?/m1/s1. The molecule has 0 radical (unpaired) electrons. The number of likely N-dealkylation sites (tertiary alicyclic amines) is 1. The van der Waals surface area contributed by atoms with Crippen LogP contribution in [0.2, 0.25) is 0 Å². The molecule has 21 heavy (non-hydrogen) atoms. The molecule has 3 aliphatic heterocycles. The van der Waals surface area contributed by atoms with Gasteiger partial charge in [-0.15, -0.1) is 0 Å². The van der Waals surface area contributed by atoms with E-state index in [4.69, 9.17) is 5.73 Å². The van der Waals surface area contributed by atoms with E-state index in [-0.39, 0.29) is 0 Å². The van der Waals surface area contributed by atoms with E-state index in [9.17, 15) is 0 Å². The van der Waals surface area contributed by atoms with E-state index in [0.29, 0.717) is 5.54 Å². The summed E-state index contributed by atoms with van der Waals surface area (Å²) >= 11 is 0. The smallest absolute Gasteiger partial charge is 0.0361 e. The van der Waals surface area contributed by atoms with Gasteiger partial charge in [0, 0.05) is 30.7 Å². The summed E-state index contributed by atoms with van der Waals surface area (Å²) in [6.45, 7) is 4.86. The van der Waals surface area contributed by atoms with Crippen molar-refractivity contribution in [3.05, 3.63) is 0 Å². The van der Waals surface area contributed by atoms with E-state index < -0.39 is 0 Å². The third-order valence-corrected chi connectivity index (χ3v) is 7.21. The third kappa shape index (κ3) is 2.46. The second kappa shape index (κ2) is 5.82. The Labute approximate surface area is 130 Å². The molecule has 3 heterocycles. The van der Waals surface area contributed by atoms with Crippen molar-refractivity contribution in [1.82, 2.24) is 9.80 Å². The summed E-state index contributed by atoms with van der Waals surface area (Å²) < 4.78 is 0. The van der Waals surface area contributed by atoms with Crippen LogP contribution in [0.15, 0.2) is 0 Å². The first kappa shape index (κ1) is 14.5. The first-order chi connectivity index (χ1) is 10.3. The maximum absolute atomic E-state index is 6.41. The molecule has 0 aromatic rings. The predicted octanol–water partition coefficient (Wildman–Crippen LogP) is 2.60. The molecule has 0 bridgehead atoms. The molecule has 3 heteroatoms. The number of nitrogens with two attached hydrogens (primary N) is 1. The quantitative estimate of drug-likeness (QED) is 0.849. The van der Waals surface area contributed by atoms with Crippen LogP contribution < -0.4 is 5.73 Å². The number of piperidine rings is 2. The molecule has 1 saturated carbocycles. The SMILES string of the molecule is NCC1(N2CCC[C@H]3CCCC[C@H]32)CCN2CCCC2C1. The van der Waals surface area contributed by atoms with Crippen LogP contribution in [0.1, 0.15) is 64.2 Å². The molecule has 0 spiro atoms. The lowest BCUT2D eigenvalue weighted by molar-refractivity contribution is -0.0624. The van der Waals surface area contributed by atoms with Crippen molar-refractivity contribution in [2.75, 3.05) is 26.2 Å². The van der Waals surface area contributed by atoms with E-state index in [1.165, 1.54) is 83.8 Å². The van der Waals surface area contributed by atoms with Gasteiger partial charge in [-0.1, -0.05) is 12.8 Å². The van der Waals surface area contributed by atoms with E-state index in [2.05, 4.69) is 9.80 Å². The Kier molecular flexibility index (Phi) is 4.01. The summed E-state index contributed by atoms with van der Waals surface area (Å²) in [4.78, 5) is 5.69. The van der Waals surface area contributed by atoms with Crippen LogP contribution in [0, 0.1) is 5.92 Å². The molecule has 4 aliphatic rings.